The lowest BCUT2D eigenvalue weighted by atomic mass is 9.76. The average molecular weight is 355 g/mol. The number of hydrogen-bond donors (Lipinski definition) is 1. The van der Waals surface area contributed by atoms with Crippen molar-refractivity contribution in [2.24, 2.45) is 10.9 Å². The molecule has 6 nitrogen and oxygen atoms in total. The van der Waals surface area contributed by atoms with E-state index in [-0.39, 0.29) is 11.9 Å². The van der Waals surface area contributed by atoms with E-state index >= 15 is 0 Å². The second-order valence-corrected chi connectivity index (χ2v) is 6.21. The first kappa shape index (κ1) is 18.2. The van der Waals surface area contributed by atoms with Crippen molar-refractivity contribution >= 4 is 17.5 Å². The summed E-state index contributed by atoms with van der Waals surface area (Å²) in [6.45, 7) is 6.75. The van der Waals surface area contributed by atoms with Crippen LogP contribution in [0.1, 0.15) is 50.7 Å². The fourth-order valence-corrected chi connectivity index (χ4v) is 3.53. The molecule has 6 heteroatoms. The number of benzene rings is 1. The molecule has 2 aromatic rings. The van der Waals surface area contributed by atoms with E-state index in [0.29, 0.717) is 19.0 Å². The molecule has 1 N–H and O–H groups in total. The highest BCUT2D eigenvalue weighted by atomic mass is 16.5. The van der Waals surface area contributed by atoms with Crippen molar-refractivity contribution in [1.29, 1.82) is 0 Å². The number of fused-ring (bicyclic) bond motifs is 1. The highest BCUT2D eigenvalue weighted by Gasteiger charge is 2.41. The number of aromatic nitrogens is 2. The van der Waals surface area contributed by atoms with Gasteiger partial charge in [-0.3, -0.25) is 9.89 Å². The Bertz CT molecular complexity index is 797. The number of carbonyl (C=O) groups excluding carboxylic acids is 1. The molecule has 3 rings (SSSR count). The van der Waals surface area contributed by atoms with Crippen LogP contribution in [0.4, 0.5) is 5.82 Å². The molecule has 0 fully saturated rings. The molecule has 1 aliphatic rings. The van der Waals surface area contributed by atoms with Gasteiger partial charge in [-0.05, 0) is 26.3 Å². The van der Waals surface area contributed by atoms with Crippen molar-refractivity contribution in [2.75, 3.05) is 13.2 Å². The number of carbonyl (C=O) groups is 1. The van der Waals surface area contributed by atoms with Gasteiger partial charge >= 0.3 is 5.97 Å². The Morgan fingerprint density at radius 1 is 1.15 bits per heavy atom. The Balaban J connectivity index is 2.16. The van der Waals surface area contributed by atoms with Gasteiger partial charge in [0.05, 0.1) is 19.4 Å². The molecule has 2 atom stereocenters. The number of ether oxygens (including phenoxy) is 2. The fourth-order valence-electron chi connectivity index (χ4n) is 3.53. The van der Waals surface area contributed by atoms with Gasteiger partial charge in [0.15, 0.2) is 5.82 Å². The van der Waals surface area contributed by atoms with Crippen molar-refractivity contribution in [2.45, 2.75) is 39.5 Å². The van der Waals surface area contributed by atoms with Crippen LogP contribution in [0.25, 0.3) is 0 Å². The maximum Gasteiger partial charge on any atom is 0.315 e. The van der Waals surface area contributed by atoms with Gasteiger partial charge in [0, 0.05) is 22.8 Å². The Labute approximate surface area is 153 Å². The SMILES string of the molecule is CCCC1=Nc2[nH]ncc2C(c2ccccc2OCC)C1C(=O)OCC. The normalized spacial score (nSPS) is 18.8. The minimum Gasteiger partial charge on any atom is -0.494 e. The van der Waals surface area contributed by atoms with Gasteiger partial charge in [0.2, 0.25) is 0 Å². The summed E-state index contributed by atoms with van der Waals surface area (Å²) in [6, 6.07) is 7.85. The number of para-hydroxylation sites is 1. The second kappa shape index (κ2) is 8.17. The number of aromatic amines is 1. The largest absolute Gasteiger partial charge is 0.494 e. The predicted octanol–water partition coefficient (Wildman–Crippen LogP) is 4.01. The summed E-state index contributed by atoms with van der Waals surface area (Å²) in [5.41, 5.74) is 2.69. The molecule has 26 heavy (non-hydrogen) atoms. The molecule has 0 bridgehead atoms. The lowest BCUT2D eigenvalue weighted by Crippen LogP contribution is -2.34. The lowest BCUT2D eigenvalue weighted by Gasteiger charge is -2.31. The third-order valence-corrected chi connectivity index (χ3v) is 4.53. The predicted molar refractivity (Wildman–Crippen MR) is 100 cm³/mol. The Kier molecular flexibility index (Phi) is 5.71. The van der Waals surface area contributed by atoms with Crippen LogP contribution in [-0.2, 0) is 9.53 Å². The van der Waals surface area contributed by atoms with Crippen LogP contribution < -0.4 is 4.74 Å². The number of nitrogens with one attached hydrogen (secondary N) is 1. The molecule has 0 saturated heterocycles. The van der Waals surface area contributed by atoms with Gasteiger partial charge < -0.3 is 9.47 Å². The first-order chi connectivity index (χ1) is 12.7. The van der Waals surface area contributed by atoms with Crippen molar-refractivity contribution in [1.82, 2.24) is 10.2 Å². The average Bonchev–Trinajstić information content (AvgIpc) is 3.10. The summed E-state index contributed by atoms with van der Waals surface area (Å²) in [6.07, 6.45) is 3.38. The summed E-state index contributed by atoms with van der Waals surface area (Å²) in [5, 5.41) is 7.12. The number of rotatable bonds is 7. The molecule has 138 valence electrons. The van der Waals surface area contributed by atoms with Crippen LogP contribution in [0.2, 0.25) is 0 Å². The van der Waals surface area contributed by atoms with E-state index < -0.39 is 5.92 Å². The van der Waals surface area contributed by atoms with E-state index in [9.17, 15) is 4.79 Å². The minimum absolute atomic E-state index is 0.232. The smallest absolute Gasteiger partial charge is 0.315 e. The number of H-pyrrole nitrogens is 1. The third-order valence-electron chi connectivity index (χ3n) is 4.53. The zero-order valence-corrected chi connectivity index (χ0v) is 15.5. The van der Waals surface area contributed by atoms with Crippen LogP contribution in [0, 0.1) is 5.92 Å². The summed E-state index contributed by atoms with van der Waals surface area (Å²) < 4.78 is 11.3. The van der Waals surface area contributed by atoms with E-state index in [1.807, 2.05) is 38.1 Å². The number of hydrogen-bond acceptors (Lipinski definition) is 5. The molecular weight excluding hydrogens is 330 g/mol. The van der Waals surface area contributed by atoms with Gasteiger partial charge in [0.25, 0.3) is 0 Å². The maximum absolute atomic E-state index is 12.9. The first-order valence-corrected chi connectivity index (χ1v) is 9.20. The van der Waals surface area contributed by atoms with Crippen LogP contribution in [0.5, 0.6) is 5.75 Å². The van der Waals surface area contributed by atoms with E-state index in [0.717, 1.165) is 35.4 Å². The van der Waals surface area contributed by atoms with Crippen LogP contribution in [0.15, 0.2) is 35.5 Å². The summed E-state index contributed by atoms with van der Waals surface area (Å²) >= 11 is 0. The number of nitrogens with zero attached hydrogens (tertiary/aromatic N) is 2. The zero-order chi connectivity index (χ0) is 18.5. The molecule has 0 radical (unpaired) electrons. The van der Waals surface area contributed by atoms with Gasteiger partial charge in [-0.1, -0.05) is 31.5 Å². The topological polar surface area (TPSA) is 76.6 Å². The van der Waals surface area contributed by atoms with Crippen molar-refractivity contribution in [3.63, 3.8) is 0 Å². The third kappa shape index (κ3) is 3.36. The van der Waals surface area contributed by atoms with Crippen LogP contribution >= 0.6 is 0 Å². The molecule has 1 aromatic carbocycles. The number of esters is 1. The van der Waals surface area contributed by atoms with Crippen molar-refractivity contribution < 1.29 is 14.3 Å². The van der Waals surface area contributed by atoms with E-state index in [4.69, 9.17) is 9.47 Å². The van der Waals surface area contributed by atoms with Gasteiger partial charge in [-0.2, -0.15) is 5.10 Å². The molecular formula is C20H25N3O3. The van der Waals surface area contributed by atoms with Gasteiger partial charge in [0.1, 0.15) is 11.7 Å². The van der Waals surface area contributed by atoms with E-state index in [1.54, 1.807) is 6.20 Å². The lowest BCUT2D eigenvalue weighted by molar-refractivity contribution is -0.146. The van der Waals surface area contributed by atoms with Crippen molar-refractivity contribution in [3.05, 3.63) is 41.6 Å². The fraction of sp³-hybridized carbons (Fsp3) is 0.450. The quantitative estimate of drug-likeness (QED) is 0.762. The molecule has 1 aliphatic heterocycles. The maximum atomic E-state index is 12.9. The molecule has 2 heterocycles. The monoisotopic (exact) mass is 355 g/mol. The van der Waals surface area contributed by atoms with Gasteiger partial charge in [-0.25, -0.2) is 4.99 Å². The summed E-state index contributed by atoms with van der Waals surface area (Å²) in [5.74, 6) is 0.540. The molecule has 0 amide bonds. The summed E-state index contributed by atoms with van der Waals surface area (Å²) in [7, 11) is 0. The van der Waals surface area contributed by atoms with Crippen molar-refractivity contribution in [3.8, 4) is 5.75 Å². The molecule has 0 aliphatic carbocycles. The molecule has 1 aromatic heterocycles. The minimum atomic E-state index is -0.471. The standard InChI is InChI=1S/C20H25N3O3/c1-4-9-15-18(20(24)26-6-3)17(14-12-21-23-19(14)22-15)13-10-7-8-11-16(13)25-5-2/h7-8,10-12,17-18H,4-6,9H2,1-3H3,(H,21,23). The Hall–Kier alpha value is -2.63. The molecule has 2 unspecified atom stereocenters. The van der Waals surface area contributed by atoms with Crippen LogP contribution in [0.3, 0.4) is 0 Å². The highest BCUT2D eigenvalue weighted by molar-refractivity contribution is 6.06. The van der Waals surface area contributed by atoms with Gasteiger partial charge in [-0.15, -0.1) is 0 Å². The zero-order valence-electron chi connectivity index (χ0n) is 15.5. The molecule has 0 saturated carbocycles. The van der Waals surface area contributed by atoms with E-state index in [1.165, 1.54) is 0 Å². The first-order valence-electron chi connectivity index (χ1n) is 9.20. The summed E-state index contributed by atoms with van der Waals surface area (Å²) in [4.78, 5) is 17.6. The Morgan fingerprint density at radius 3 is 2.69 bits per heavy atom. The second-order valence-electron chi connectivity index (χ2n) is 6.21. The van der Waals surface area contributed by atoms with Crippen LogP contribution in [-0.4, -0.2) is 35.1 Å². The van der Waals surface area contributed by atoms with E-state index in [2.05, 4.69) is 22.1 Å². The number of aliphatic imine (C=N–C) groups is 1. The molecule has 0 spiro atoms. The Morgan fingerprint density at radius 2 is 1.96 bits per heavy atom. The highest BCUT2D eigenvalue weighted by Crippen LogP contribution is 2.45.